The zero-order chi connectivity index (χ0) is 13.0. The second-order valence-electron chi connectivity index (χ2n) is 4.87. The quantitative estimate of drug-likeness (QED) is 0.887. The Bertz CT molecular complexity index is 383. The zero-order valence-corrected chi connectivity index (χ0v) is 12.2. The normalized spacial score (nSPS) is 23.1. The van der Waals surface area contributed by atoms with E-state index in [-0.39, 0.29) is 0 Å². The lowest BCUT2D eigenvalue weighted by atomic mass is 10.2. The van der Waals surface area contributed by atoms with Gasteiger partial charge >= 0.3 is 0 Å². The molecule has 1 aromatic rings. The molecule has 0 bridgehead atoms. The lowest BCUT2D eigenvalue weighted by molar-refractivity contribution is 0.750. The summed E-state index contributed by atoms with van der Waals surface area (Å²) in [6.07, 6.45) is 5.64. The number of hydrogen-bond acceptors (Lipinski definition) is 5. The minimum Gasteiger partial charge on any atom is -0.367 e. The van der Waals surface area contributed by atoms with Crippen molar-refractivity contribution in [3.63, 3.8) is 0 Å². The molecule has 18 heavy (non-hydrogen) atoms. The van der Waals surface area contributed by atoms with Crippen LogP contribution < -0.4 is 10.2 Å². The molecule has 1 saturated carbocycles. The van der Waals surface area contributed by atoms with Crippen molar-refractivity contribution < 1.29 is 0 Å². The third-order valence-electron chi connectivity index (χ3n) is 3.18. The Morgan fingerprint density at radius 2 is 2.28 bits per heavy atom. The van der Waals surface area contributed by atoms with E-state index in [1.807, 2.05) is 31.3 Å². The predicted octanol–water partition coefficient (Wildman–Crippen LogP) is 2.63. The van der Waals surface area contributed by atoms with Crippen molar-refractivity contribution in [2.75, 3.05) is 30.1 Å². The molecule has 1 heterocycles. The number of aromatic nitrogens is 2. The molecular weight excluding hydrogens is 244 g/mol. The van der Waals surface area contributed by atoms with Crippen molar-refractivity contribution in [1.29, 1.82) is 0 Å². The monoisotopic (exact) mass is 266 g/mol. The topological polar surface area (TPSA) is 41.1 Å². The van der Waals surface area contributed by atoms with Crippen LogP contribution in [0.2, 0.25) is 0 Å². The van der Waals surface area contributed by atoms with Crippen LogP contribution in [0.1, 0.15) is 26.2 Å². The van der Waals surface area contributed by atoms with Crippen LogP contribution in [0, 0.1) is 0 Å². The first kappa shape index (κ1) is 13.5. The van der Waals surface area contributed by atoms with E-state index >= 15 is 0 Å². The maximum absolute atomic E-state index is 4.50. The van der Waals surface area contributed by atoms with Crippen molar-refractivity contribution in [3.8, 4) is 0 Å². The van der Waals surface area contributed by atoms with Gasteiger partial charge in [-0.1, -0.05) is 6.92 Å². The third-order valence-corrected chi connectivity index (χ3v) is 4.41. The molecule has 0 radical (unpaired) electrons. The summed E-state index contributed by atoms with van der Waals surface area (Å²) in [5.74, 6) is 2.92. The number of nitrogens with one attached hydrogen (secondary N) is 1. The predicted molar refractivity (Wildman–Crippen MR) is 79.5 cm³/mol. The van der Waals surface area contributed by atoms with Crippen LogP contribution in [0.25, 0.3) is 0 Å². The lowest BCUT2D eigenvalue weighted by Crippen LogP contribution is -2.19. The second kappa shape index (κ2) is 6.27. The molecule has 0 amide bonds. The largest absolute Gasteiger partial charge is 0.367 e. The maximum atomic E-state index is 4.50. The highest BCUT2D eigenvalue weighted by Crippen LogP contribution is 2.31. The fraction of sp³-hybridized carbons (Fsp3) is 0.692. The molecule has 0 aromatic carbocycles. The number of anilines is 2. The van der Waals surface area contributed by atoms with E-state index in [0.717, 1.165) is 17.0 Å². The SMILES string of the molecule is CCSC1CCC(Nc2ccnc(N(C)C)n2)C1. The molecule has 1 fully saturated rings. The molecule has 0 spiro atoms. The first-order valence-corrected chi connectivity index (χ1v) is 7.62. The van der Waals surface area contributed by atoms with E-state index in [4.69, 9.17) is 0 Å². The maximum Gasteiger partial charge on any atom is 0.226 e. The van der Waals surface area contributed by atoms with Crippen LogP contribution in [0.3, 0.4) is 0 Å². The molecule has 1 aromatic heterocycles. The average molecular weight is 266 g/mol. The Hall–Kier alpha value is -0.970. The van der Waals surface area contributed by atoms with Crippen LogP contribution in [-0.2, 0) is 0 Å². The summed E-state index contributed by atoms with van der Waals surface area (Å²) < 4.78 is 0. The summed E-state index contributed by atoms with van der Waals surface area (Å²) in [7, 11) is 3.92. The van der Waals surface area contributed by atoms with E-state index in [1.165, 1.54) is 25.0 Å². The fourth-order valence-corrected chi connectivity index (χ4v) is 3.45. The van der Waals surface area contributed by atoms with Crippen molar-refractivity contribution in [2.24, 2.45) is 0 Å². The van der Waals surface area contributed by atoms with Gasteiger partial charge in [-0.3, -0.25) is 0 Å². The number of nitrogens with zero attached hydrogens (tertiary/aromatic N) is 3. The van der Waals surface area contributed by atoms with Crippen LogP contribution in [0.15, 0.2) is 12.3 Å². The van der Waals surface area contributed by atoms with Crippen LogP contribution in [0.4, 0.5) is 11.8 Å². The minimum absolute atomic E-state index is 0.568. The number of thioether (sulfide) groups is 1. The van der Waals surface area contributed by atoms with Gasteiger partial charge in [-0.2, -0.15) is 16.7 Å². The molecule has 1 N–H and O–H groups in total. The van der Waals surface area contributed by atoms with Gasteiger partial charge in [-0.15, -0.1) is 0 Å². The van der Waals surface area contributed by atoms with Gasteiger partial charge in [-0.25, -0.2) is 4.98 Å². The number of hydrogen-bond donors (Lipinski definition) is 1. The minimum atomic E-state index is 0.568. The van der Waals surface area contributed by atoms with E-state index < -0.39 is 0 Å². The van der Waals surface area contributed by atoms with E-state index in [1.54, 1.807) is 0 Å². The smallest absolute Gasteiger partial charge is 0.226 e. The Kier molecular flexibility index (Phi) is 4.69. The summed E-state index contributed by atoms with van der Waals surface area (Å²) in [6, 6.07) is 2.52. The van der Waals surface area contributed by atoms with Crippen molar-refractivity contribution in [1.82, 2.24) is 9.97 Å². The van der Waals surface area contributed by atoms with Gasteiger partial charge in [0.25, 0.3) is 0 Å². The van der Waals surface area contributed by atoms with Crippen molar-refractivity contribution in [2.45, 2.75) is 37.5 Å². The standard InChI is InChI=1S/C13H22N4S/c1-4-18-11-6-5-10(9-11)15-12-7-8-14-13(16-12)17(2)3/h7-8,10-11H,4-6,9H2,1-3H3,(H,14,15,16). The summed E-state index contributed by atoms with van der Waals surface area (Å²) >= 11 is 2.08. The Morgan fingerprint density at radius 3 is 3.00 bits per heavy atom. The first-order chi connectivity index (χ1) is 8.69. The van der Waals surface area contributed by atoms with E-state index in [2.05, 4.69) is 34.0 Å². The molecule has 100 valence electrons. The average Bonchev–Trinajstić information content (AvgIpc) is 2.77. The molecule has 0 saturated heterocycles. The molecule has 1 aliphatic rings. The van der Waals surface area contributed by atoms with Gasteiger partial charge in [0.1, 0.15) is 5.82 Å². The van der Waals surface area contributed by atoms with Crippen molar-refractivity contribution >= 4 is 23.5 Å². The Labute approximate surface area is 114 Å². The molecular formula is C13H22N4S. The van der Waals surface area contributed by atoms with Gasteiger partial charge in [0.05, 0.1) is 0 Å². The fourth-order valence-electron chi connectivity index (χ4n) is 2.31. The summed E-state index contributed by atoms with van der Waals surface area (Å²) in [5.41, 5.74) is 0. The van der Waals surface area contributed by atoms with Gasteiger partial charge in [-0.05, 0) is 31.1 Å². The molecule has 2 unspecified atom stereocenters. The van der Waals surface area contributed by atoms with E-state index in [0.29, 0.717) is 6.04 Å². The molecule has 0 aliphatic heterocycles. The van der Waals surface area contributed by atoms with Gasteiger partial charge in [0, 0.05) is 31.6 Å². The molecule has 1 aliphatic carbocycles. The Balaban J connectivity index is 1.92. The Morgan fingerprint density at radius 1 is 1.44 bits per heavy atom. The summed E-state index contributed by atoms with van der Waals surface area (Å²) in [5, 5.41) is 4.36. The van der Waals surface area contributed by atoms with Gasteiger partial charge in [0.2, 0.25) is 5.95 Å². The first-order valence-electron chi connectivity index (χ1n) is 6.57. The highest BCUT2D eigenvalue weighted by atomic mass is 32.2. The molecule has 2 rings (SSSR count). The van der Waals surface area contributed by atoms with Crippen LogP contribution in [0.5, 0.6) is 0 Å². The molecule has 2 atom stereocenters. The van der Waals surface area contributed by atoms with Gasteiger partial charge in [0.15, 0.2) is 0 Å². The van der Waals surface area contributed by atoms with Crippen LogP contribution in [-0.4, -0.2) is 41.1 Å². The second-order valence-corrected chi connectivity index (χ2v) is 6.45. The highest BCUT2D eigenvalue weighted by Gasteiger charge is 2.24. The zero-order valence-electron chi connectivity index (χ0n) is 11.4. The molecule has 4 nitrogen and oxygen atoms in total. The highest BCUT2D eigenvalue weighted by molar-refractivity contribution is 7.99. The molecule has 5 heteroatoms. The lowest BCUT2D eigenvalue weighted by Gasteiger charge is -2.15. The van der Waals surface area contributed by atoms with E-state index in [9.17, 15) is 0 Å². The van der Waals surface area contributed by atoms with Gasteiger partial charge < -0.3 is 10.2 Å². The van der Waals surface area contributed by atoms with Crippen LogP contribution >= 0.6 is 11.8 Å². The third kappa shape index (κ3) is 3.51. The number of rotatable bonds is 5. The summed E-state index contributed by atoms with van der Waals surface area (Å²) in [6.45, 7) is 2.24. The van der Waals surface area contributed by atoms with Crippen molar-refractivity contribution in [3.05, 3.63) is 12.3 Å². The summed E-state index contributed by atoms with van der Waals surface area (Å²) in [4.78, 5) is 10.7.